The highest BCUT2D eigenvalue weighted by Gasteiger charge is 2.58. The van der Waals surface area contributed by atoms with Gasteiger partial charge in [-0.2, -0.15) is 0 Å². The fraction of sp³-hybridized carbons (Fsp3) is 0.586. The highest BCUT2D eigenvalue weighted by atomic mass is 16.8. The van der Waals surface area contributed by atoms with Crippen molar-refractivity contribution < 1.29 is 85.6 Å². The number of benzene rings is 3. The van der Waals surface area contributed by atoms with Gasteiger partial charge in [0, 0.05) is 42.1 Å². The van der Waals surface area contributed by atoms with Gasteiger partial charge in [-0.25, -0.2) is 9.59 Å². The summed E-state index contributed by atoms with van der Waals surface area (Å²) in [4.78, 5) is 84.9. The average Bonchev–Trinajstić information content (AvgIpc) is 3.84. The van der Waals surface area contributed by atoms with Crippen LogP contribution in [0.1, 0.15) is 136 Å². The standard InChI is InChI=1S/C58H74N4O18/c1-9-20-42(63)69-31-40-49(75-43(64)21-10-2)51(76-44(65)22-11-3)52(77-45(66)23-12-4)56(74-40)79-50-47(61-62-59)55(73-41-32-70-54(78-48(41)50)34-24-14-13-15-25-34)72-33(5)46(53(67)80-58(6,7)8)60-57(68)71-30-39-37-28-18-16-26-35(37)36-27-17-19-29-38(36)39/h13-19,24-29,33,39-41,46-52,54-56H,9-12,20-23,30-32H2,1-8H3,(H,60,68). The molecule has 0 spiro atoms. The molecule has 3 aromatic rings. The summed E-state index contributed by atoms with van der Waals surface area (Å²) >= 11 is 0. The Morgan fingerprint density at radius 3 is 1.82 bits per heavy atom. The highest BCUT2D eigenvalue weighted by molar-refractivity contribution is 5.83. The van der Waals surface area contributed by atoms with Crippen LogP contribution in [-0.2, 0) is 80.8 Å². The summed E-state index contributed by atoms with van der Waals surface area (Å²) in [6.07, 6.45) is -15.4. The molecule has 7 rings (SSSR count). The van der Waals surface area contributed by atoms with Crippen molar-refractivity contribution >= 4 is 35.9 Å². The smallest absolute Gasteiger partial charge is 0.407 e. The summed E-state index contributed by atoms with van der Waals surface area (Å²) in [7, 11) is 0. The molecular weight excluding hydrogens is 1040 g/mol. The van der Waals surface area contributed by atoms with E-state index in [1.54, 1.807) is 72.7 Å². The first kappa shape index (κ1) is 61.0. The van der Waals surface area contributed by atoms with Gasteiger partial charge in [0.25, 0.3) is 0 Å². The second kappa shape index (κ2) is 28.7. The van der Waals surface area contributed by atoms with Gasteiger partial charge in [-0.05, 0) is 81.2 Å². The number of alkyl carbamates (subject to hydrolysis) is 1. The number of carbonyl (C=O) groups is 6. The van der Waals surface area contributed by atoms with Crippen LogP contribution in [0, 0.1) is 0 Å². The van der Waals surface area contributed by atoms with Crippen LogP contribution in [0.2, 0.25) is 0 Å². The van der Waals surface area contributed by atoms with Gasteiger partial charge in [-0.1, -0.05) is 112 Å². The maximum absolute atomic E-state index is 14.2. The van der Waals surface area contributed by atoms with Crippen LogP contribution in [0.4, 0.5) is 4.79 Å². The Morgan fingerprint density at radius 1 is 0.675 bits per heavy atom. The topological polar surface area (TPSA) is 274 Å². The Labute approximate surface area is 465 Å². The zero-order chi connectivity index (χ0) is 57.5. The zero-order valence-corrected chi connectivity index (χ0v) is 46.6. The van der Waals surface area contributed by atoms with E-state index < -0.39 is 128 Å². The molecule has 1 aliphatic carbocycles. The Morgan fingerprint density at radius 2 is 1.24 bits per heavy atom. The second-order valence-electron chi connectivity index (χ2n) is 20.9. The number of nitrogens with zero attached hydrogens (tertiary/aromatic N) is 3. The predicted molar refractivity (Wildman–Crippen MR) is 284 cm³/mol. The lowest BCUT2D eigenvalue weighted by Crippen LogP contribution is -2.67. The van der Waals surface area contributed by atoms with E-state index in [1.807, 2.05) is 54.6 Å². The van der Waals surface area contributed by atoms with Crippen molar-refractivity contribution in [1.82, 2.24) is 5.32 Å². The van der Waals surface area contributed by atoms with Gasteiger partial charge in [0.2, 0.25) is 0 Å². The molecule has 3 aliphatic heterocycles. The third-order valence-electron chi connectivity index (χ3n) is 13.6. The van der Waals surface area contributed by atoms with Crippen LogP contribution in [0.3, 0.4) is 0 Å². The molecule has 22 nitrogen and oxygen atoms in total. The van der Waals surface area contributed by atoms with Crippen molar-refractivity contribution in [2.24, 2.45) is 5.11 Å². The first-order valence-electron chi connectivity index (χ1n) is 27.5. The summed E-state index contributed by atoms with van der Waals surface area (Å²) in [5.74, 6) is -4.00. The number of azide groups is 1. The molecule has 434 valence electrons. The molecule has 0 aromatic heterocycles. The summed E-state index contributed by atoms with van der Waals surface area (Å²) in [5, 5.41) is 6.78. The van der Waals surface area contributed by atoms with E-state index >= 15 is 0 Å². The predicted octanol–water partition coefficient (Wildman–Crippen LogP) is 8.75. The molecule has 80 heavy (non-hydrogen) atoms. The number of rotatable bonds is 24. The Bertz CT molecular complexity index is 2600. The van der Waals surface area contributed by atoms with E-state index in [4.69, 9.17) is 56.8 Å². The molecule has 0 bridgehead atoms. The van der Waals surface area contributed by atoms with Gasteiger partial charge in [-0.15, -0.1) is 0 Å². The number of ether oxygens (including phenoxy) is 12. The second-order valence-corrected chi connectivity index (χ2v) is 20.9. The molecule has 0 saturated carbocycles. The van der Waals surface area contributed by atoms with E-state index in [-0.39, 0.29) is 44.8 Å². The number of fused-ring (bicyclic) bond motifs is 4. The third kappa shape index (κ3) is 15.6. The number of hydrogen-bond donors (Lipinski definition) is 1. The summed E-state index contributed by atoms with van der Waals surface area (Å²) < 4.78 is 74.9. The third-order valence-corrected chi connectivity index (χ3v) is 13.6. The van der Waals surface area contributed by atoms with E-state index in [0.29, 0.717) is 31.2 Å². The first-order chi connectivity index (χ1) is 38.5. The molecule has 0 radical (unpaired) electrons. The highest BCUT2D eigenvalue weighted by Crippen LogP contribution is 2.45. The fourth-order valence-electron chi connectivity index (χ4n) is 9.95. The van der Waals surface area contributed by atoms with Crippen molar-refractivity contribution in [3.63, 3.8) is 0 Å². The van der Waals surface area contributed by atoms with Gasteiger partial charge < -0.3 is 62.2 Å². The first-order valence-corrected chi connectivity index (χ1v) is 27.5. The maximum Gasteiger partial charge on any atom is 0.407 e. The van der Waals surface area contributed by atoms with Crippen LogP contribution < -0.4 is 5.32 Å². The minimum absolute atomic E-state index is 0.0376. The largest absolute Gasteiger partial charge is 0.463 e. The van der Waals surface area contributed by atoms with Crippen molar-refractivity contribution in [3.8, 4) is 11.1 Å². The van der Waals surface area contributed by atoms with E-state index in [1.165, 1.54) is 6.92 Å². The number of amides is 1. The van der Waals surface area contributed by atoms with Crippen LogP contribution in [0.15, 0.2) is 84.0 Å². The Hall–Kier alpha value is -6.65. The number of nitrogens with one attached hydrogen (secondary N) is 1. The molecule has 22 heteroatoms. The van der Waals surface area contributed by atoms with Crippen molar-refractivity contribution in [3.05, 3.63) is 106 Å². The minimum atomic E-state index is -1.78. The summed E-state index contributed by atoms with van der Waals surface area (Å²) in [6, 6.07) is 21.5. The fourth-order valence-corrected chi connectivity index (χ4v) is 9.95. The molecular formula is C58H74N4O18. The van der Waals surface area contributed by atoms with Crippen molar-refractivity contribution in [2.45, 2.75) is 198 Å². The number of esters is 5. The van der Waals surface area contributed by atoms with Gasteiger partial charge in [0.05, 0.1) is 12.7 Å². The molecule has 4 aliphatic rings. The molecule has 3 heterocycles. The molecule has 13 unspecified atom stereocenters. The van der Waals surface area contributed by atoms with E-state index in [9.17, 15) is 34.3 Å². The van der Waals surface area contributed by atoms with Gasteiger partial charge in [0.15, 0.2) is 43.2 Å². The minimum Gasteiger partial charge on any atom is -0.463 e. The lowest BCUT2D eigenvalue weighted by molar-refractivity contribution is -0.379. The monoisotopic (exact) mass is 1110 g/mol. The average molecular weight is 1120 g/mol. The zero-order valence-electron chi connectivity index (χ0n) is 46.6. The van der Waals surface area contributed by atoms with Crippen LogP contribution in [0.25, 0.3) is 21.6 Å². The maximum atomic E-state index is 14.2. The summed E-state index contributed by atoms with van der Waals surface area (Å²) in [6.45, 7) is 12.7. The quantitative estimate of drug-likeness (QED) is 0.0288. The summed E-state index contributed by atoms with van der Waals surface area (Å²) in [5.41, 5.74) is 13.9. The lowest BCUT2D eigenvalue weighted by Gasteiger charge is -2.51. The molecule has 3 aromatic carbocycles. The Balaban J connectivity index is 1.25. The molecule has 1 amide bonds. The van der Waals surface area contributed by atoms with Crippen LogP contribution >= 0.6 is 0 Å². The molecule has 3 fully saturated rings. The van der Waals surface area contributed by atoms with Crippen molar-refractivity contribution in [1.29, 1.82) is 0 Å². The molecule has 3 saturated heterocycles. The van der Waals surface area contributed by atoms with E-state index in [0.717, 1.165) is 22.3 Å². The molecule has 13 atom stereocenters. The van der Waals surface area contributed by atoms with Gasteiger partial charge in [-0.3, -0.25) is 19.2 Å². The van der Waals surface area contributed by atoms with Gasteiger partial charge in [0.1, 0.15) is 49.3 Å². The lowest BCUT2D eigenvalue weighted by atomic mass is 9.94. The van der Waals surface area contributed by atoms with Crippen LogP contribution in [0.5, 0.6) is 0 Å². The van der Waals surface area contributed by atoms with Gasteiger partial charge >= 0.3 is 35.9 Å². The normalized spacial score (nSPS) is 25.9. The Kier molecular flexibility index (Phi) is 21.9. The van der Waals surface area contributed by atoms with Crippen LogP contribution in [-0.4, -0.2) is 135 Å². The molecule has 1 N–H and O–H groups in total. The SMILES string of the molecule is CCCC(=O)OCC1OC(OC2C(N=[N+]=[N-])C(OC(C)C(NC(=O)OCC3c4ccccc4-c4ccccc43)C(=O)OC(C)(C)C)OC3COC(c4ccccc4)OC32)C(OC(=O)CCC)C(OC(=O)CCC)C1OC(=O)CCC. The van der Waals surface area contributed by atoms with Crippen molar-refractivity contribution in [2.75, 3.05) is 19.8 Å². The number of hydrogen-bond acceptors (Lipinski definition) is 19. The number of carbonyl (C=O) groups excluding carboxylic acids is 6. The van der Waals surface area contributed by atoms with E-state index in [2.05, 4.69) is 15.3 Å².